The van der Waals surface area contributed by atoms with Gasteiger partial charge in [0, 0.05) is 44.0 Å². The first-order chi connectivity index (χ1) is 22.8. The minimum atomic E-state index is -0.640. The van der Waals surface area contributed by atoms with Crippen LogP contribution in [0.4, 0.5) is 0 Å². The highest BCUT2D eigenvalue weighted by atomic mass is 16.7. The Morgan fingerprint density at radius 3 is 2.11 bits per heavy atom. The Bertz CT molecular complexity index is 1370. The molecule has 3 aromatic rings. The number of amides is 2. The van der Waals surface area contributed by atoms with E-state index in [4.69, 9.17) is 14.7 Å². The van der Waals surface area contributed by atoms with Crippen LogP contribution in [0.3, 0.4) is 0 Å². The third-order valence-corrected chi connectivity index (χ3v) is 8.82. The zero-order valence-electron chi connectivity index (χ0n) is 27.4. The highest BCUT2D eigenvalue weighted by molar-refractivity contribution is 5.75. The number of likely N-dealkylation sites (N-methyl/N-ethyl adjacent to an activating group) is 1. The number of nitrogens with zero attached hydrogens (tertiary/aromatic N) is 1. The van der Waals surface area contributed by atoms with E-state index in [0.717, 1.165) is 47.1 Å². The molecule has 2 amide bonds. The van der Waals surface area contributed by atoms with Crippen LogP contribution in [0.25, 0.3) is 0 Å². The van der Waals surface area contributed by atoms with Crippen LogP contribution < -0.4 is 10.8 Å². The highest BCUT2D eigenvalue weighted by Gasteiger charge is 2.34. The maximum atomic E-state index is 12.3. The highest BCUT2D eigenvalue weighted by Crippen LogP contribution is 2.38. The van der Waals surface area contributed by atoms with Crippen LogP contribution in [0.5, 0.6) is 0 Å². The molecule has 1 aliphatic heterocycles. The second kappa shape index (κ2) is 18.6. The van der Waals surface area contributed by atoms with E-state index in [0.29, 0.717) is 32.4 Å². The van der Waals surface area contributed by atoms with E-state index in [-0.39, 0.29) is 43.1 Å². The monoisotopic (exact) mass is 647 g/mol. The van der Waals surface area contributed by atoms with Gasteiger partial charge in [0.25, 0.3) is 0 Å². The van der Waals surface area contributed by atoms with Crippen molar-refractivity contribution < 1.29 is 34.5 Å². The number of carbonyl (C=O) groups is 2. The lowest BCUT2D eigenvalue weighted by Crippen LogP contribution is -2.43. The third kappa shape index (κ3) is 11.2. The fraction of sp³-hybridized carbons (Fsp3) is 0.459. The molecule has 10 nitrogen and oxygen atoms in total. The molecule has 0 aliphatic carbocycles. The van der Waals surface area contributed by atoms with Crippen molar-refractivity contribution in [3.8, 4) is 0 Å². The summed E-state index contributed by atoms with van der Waals surface area (Å²) in [7, 11) is 2.00. The van der Waals surface area contributed by atoms with Gasteiger partial charge in [-0.1, -0.05) is 91.7 Å². The number of hydrogen-bond acceptors (Lipinski definition) is 8. The van der Waals surface area contributed by atoms with E-state index in [9.17, 15) is 19.8 Å². The predicted octanol–water partition coefficient (Wildman–Crippen LogP) is 5.24. The molecule has 10 heteroatoms. The molecule has 0 aromatic heterocycles. The number of hydrogen-bond donors (Lipinski definition) is 5. The number of aliphatic hydroxyl groups excluding tert-OH is 2. The lowest BCUT2D eigenvalue weighted by Gasteiger charge is -2.39. The summed E-state index contributed by atoms with van der Waals surface area (Å²) in [6, 6.07) is 25.2. The van der Waals surface area contributed by atoms with Crippen molar-refractivity contribution in [2.24, 2.45) is 0 Å². The van der Waals surface area contributed by atoms with Crippen molar-refractivity contribution in [2.75, 3.05) is 13.6 Å². The van der Waals surface area contributed by atoms with E-state index >= 15 is 0 Å². The molecular formula is C37H49N3O7. The van der Waals surface area contributed by atoms with Gasteiger partial charge in [0.05, 0.1) is 24.9 Å². The summed E-state index contributed by atoms with van der Waals surface area (Å²) in [5.74, 6) is -0.407. The summed E-state index contributed by atoms with van der Waals surface area (Å²) in [4.78, 5) is 25.5. The number of aliphatic hydroxyl groups is 2. The summed E-state index contributed by atoms with van der Waals surface area (Å²) < 4.78 is 13.0. The van der Waals surface area contributed by atoms with Gasteiger partial charge >= 0.3 is 0 Å². The number of hydroxylamine groups is 1. The van der Waals surface area contributed by atoms with Gasteiger partial charge in [-0.05, 0) is 49.1 Å². The normalized spacial score (nSPS) is 19.2. The second-order valence-electron chi connectivity index (χ2n) is 12.4. The van der Waals surface area contributed by atoms with Crippen molar-refractivity contribution >= 4 is 11.8 Å². The average molecular weight is 648 g/mol. The number of nitrogens with one attached hydrogen (secondary N) is 2. The van der Waals surface area contributed by atoms with Gasteiger partial charge in [0.1, 0.15) is 0 Å². The van der Waals surface area contributed by atoms with E-state index in [1.165, 1.54) is 0 Å². The second-order valence-corrected chi connectivity index (χ2v) is 12.4. The Kier molecular flexibility index (Phi) is 14.4. The van der Waals surface area contributed by atoms with Gasteiger partial charge in [-0.25, -0.2) is 5.48 Å². The van der Waals surface area contributed by atoms with Gasteiger partial charge in [0.15, 0.2) is 6.29 Å². The molecule has 5 N–H and O–H groups in total. The molecule has 3 aromatic carbocycles. The molecule has 0 bridgehead atoms. The Morgan fingerprint density at radius 2 is 1.47 bits per heavy atom. The summed E-state index contributed by atoms with van der Waals surface area (Å²) in [6.07, 6.45) is 2.80. The summed E-state index contributed by atoms with van der Waals surface area (Å²) in [6.45, 7) is 3.00. The molecule has 1 heterocycles. The van der Waals surface area contributed by atoms with Gasteiger partial charge in [0.2, 0.25) is 11.8 Å². The molecule has 0 spiro atoms. The van der Waals surface area contributed by atoms with Gasteiger partial charge < -0.3 is 25.0 Å². The molecule has 4 rings (SSSR count). The van der Waals surface area contributed by atoms with Gasteiger partial charge in [-0.15, -0.1) is 0 Å². The molecular weight excluding hydrogens is 598 g/mol. The van der Waals surface area contributed by atoms with E-state index in [2.05, 4.69) is 10.2 Å². The van der Waals surface area contributed by atoms with Crippen molar-refractivity contribution in [3.63, 3.8) is 0 Å². The van der Waals surface area contributed by atoms with Crippen LogP contribution in [-0.2, 0) is 32.2 Å². The molecule has 0 radical (unpaired) electrons. The third-order valence-electron chi connectivity index (χ3n) is 8.82. The minimum Gasteiger partial charge on any atom is -0.392 e. The molecule has 254 valence electrons. The zero-order chi connectivity index (χ0) is 33.6. The topological polar surface area (TPSA) is 141 Å². The van der Waals surface area contributed by atoms with E-state index in [1.807, 2.05) is 92.8 Å². The van der Waals surface area contributed by atoms with Crippen LogP contribution >= 0.6 is 0 Å². The first-order valence-corrected chi connectivity index (χ1v) is 16.5. The molecule has 5 atom stereocenters. The fourth-order valence-electron chi connectivity index (χ4n) is 5.75. The van der Waals surface area contributed by atoms with Crippen LogP contribution in [0.1, 0.15) is 98.2 Å². The van der Waals surface area contributed by atoms with Crippen molar-refractivity contribution in [1.29, 1.82) is 0 Å². The maximum Gasteiger partial charge on any atom is 0.243 e. The Balaban J connectivity index is 1.34. The van der Waals surface area contributed by atoms with E-state index in [1.54, 1.807) is 5.48 Å². The van der Waals surface area contributed by atoms with Crippen molar-refractivity contribution in [3.05, 3.63) is 107 Å². The maximum absolute atomic E-state index is 12.3. The Morgan fingerprint density at radius 1 is 0.851 bits per heavy atom. The van der Waals surface area contributed by atoms with Crippen molar-refractivity contribution in [2.45, 2.75) is 95.7 Å². The van der Waals surface area contributed by atoms with Crippen LogP contribution in [0, 0.1) is 0 Å². The summed E-state index contributed by atoms with van der Waals surface area (Å²) >= 11 is 0. The number of unbranched alkanes of at least 4 members (excludes halogenated alkanes) is 3. The van der Waals surface area contributed by atoms with E-state index < -0.39 is 12.4 Å². The van der Waals surface area contributed by atoms with Crippen LogP contribution in [0.2, 0.25) is 0 Å². The molecule has 1 saturated heterocycles. The number of carbonyl (C=O) groups excluding carboxylic acids is 2. The van der Waals surface area contributed by atoms with Crippen molar-refractivity contribution in [1.82, 2.24) is 15.7 Å². The quantitative estimate of drug-likeness (QED) is 0.0762. The van der Waals surface area contributed by atoms with Gasteiger partial charge in [-0.2, -0.15) is 0 Å². The van der Waals surface area contributed by atoms with Crippen LogP contribution in [0.15, 0.2) is 78.9 Å². The standard InChI is InChI=1S/C37H49N3O7/c1-26(36(44)30-10-6-5-7-11-30)40(2)24-32-22-33(29-18-16-28(25-41)17-19-29)47-37(46-32)31-20-14-27(15-21-31)23-38-34(42)12-8-3-4-9-13-35(43)39-45/h5-7,10-11,14-21,26,32-33,36-37,41,44-45H,3-4,8-9,12-13,22-25H2,1-2H3,(H,38,42)(H,39,43)/t26-,32-,33+,36-,37+/m1/s1. The minimum absolute atomic E-state index is 0.0187. The number of benzene rings is 3. The van der Waals surface area contributed by atoms with Gasteiger partial charge in [-0.3, -0.25) is 19.7 Å². The molecule has 1 aliphatic rings. The fourth-order valence-corrected chi connectivity index (χ4v) is 5.75. The molecule has 1 fully saturated rings. The number of rotatable bonds is 17. The SMILES string of the molecule is C[C@H]([C@@H](O)c1ccccc1)N(C)C[C@H]1C[C@@H](c2ccc(CO)cc2)O[C@@H](c2ccc(CNC(=O)CCCCCCC(=O)NO)cc2)O1. The zero-order valence-corrected chi connectivity index (χ0v) is 27.4. The average Bonchev–Trinajstić information content (AvgIpc) is 3.11. The molecule has 0 saturated carbocycles. The molecule has 47 heavy (non-hydrogen) atoms. The lowest BCUT2D eigenvalue weighted by molar-refractivity contribution is -0.253. The Labute approximate surface area is 277 Å². The predicted molar refractivity (Wildman–Crippen MR) is 178 cm³/mol. The first-order valence-electron chi connectivity index (χ1n) is 16.5. The first kappa shape index (κ1) is 36.2. The van der Waals surface area contributed by atoms with Crippen LogP contribution in [-0.4, -0.2) is 57.9 Å². The smallest absolute Gasteiger partial charge is 0.243 e. The Hall–Kier alpha value is -3.64. The summed E-state index contributed by atoms with van der Waals surface area (Å²) in [5, 5.41) is 32.0. The number of ether oxygens (including phenoxy) is 2. The largest absolute Gasteiger partial charge is 0.392 e. The summed E-state index contributed by atoms with van der Waals surface area (Å²) in [5.41, 5.74) is 6.18. The lowest BCUT2D eigenvalue weighted by atomic mass is 9.98. The molecule has 0 unspecified atom stereocenters.